The number of benzene rings is 1. The van der Waals surface area contributed by atoms with Crippen LogP contribution in [-0.4, -0.2) is 5.78 Å². The average Bonchev–Trinajstić information content (AvgIpc) is 2.05. The number of carbonyl (C=O) groups excluding carboxylic acids is 1. The summed E-state index contributed by atoms with van der Waals surface area (Å²) < 4.78 is 0. The lowest BCUT2D eigenvalue weighted by atomic mass is 10.1. The third-order valence-electron chi connectivity index (χ3n) is 1.57. The third-order valence-corrected chi connectivity index (χ3v) is 1.57. The minimum atomic E-state index is 0.0836. The highest BCUT2D eigenvalue weighted by atomic mass is 16.1. The average molecular weight is 149 g/mol. The van der Waals surface area contributed by atoms with Crippen LogP contribution in [0.1, 0.15) is 22.8 Å². The van der Waals surface area contributed by atoms with E-state index in [2.05, 4.69) is 0 Å². The van der Waals surface area contributed by atoms with Gasteiger partial charge in [0.05, 0.1) is 0 Å². The van der Waals surface area contributed by atoms with E-state index in [-0.39, 0.29) is 5.78 Å². The molecular weight excluding hydrogens is 138 g/mol. The number of Topliss-reactive ketones (excluding diaryl/α,β-unsaturated/α-hetero) is 1. The summed E-state index contributed by atoms with van der Waals surface area (Å²) in [5, 5.41) is 0. The van der Waals surface area contributed by atoms with Crippen molar-refractivity contribution in [1.29, 1.82) is 0 Å². The molecule has 0 aliphatic rings. The van der Waals surface area contributed by atoms with Crippen LogP contribution in [0.25, 0.3) is 0 Å². The molecule has 1 rings (SSSR count). The number of rotatable bonds is 2. The first-order valence-corrected chi connectivity index (χ1v) is 3.54. The highest BCUT2D eigenvalue weighted by molar-refractivity contribution is 5.94. The Balaban J connectivity index is 3.01. The third kappa shape index (κ3) is 1.88. The van der Waals surface area contributed by atoms with Gasteiger partial charge in [0.25, 0.3) is 0 Å². The first-order chi connectivity index (χ1) is 5.24. The topological polar surface area (TPSA) is 43.1 Å². The van der Waals surface area contributed by atoms with E-state index in [1.807, 2.05) is 18.2 Å². The summed E-state index contributed by atoms with van der Waals surface area (Å²) >= 11 is 0. The Labute approximate surface area is 66.0 Å². The van der Waals surface area contributed by atoms with Gasteiger partial charge in [-0.1, -0.05) is 18.2 Å². The van der Waals surface area contributed by atoms with E-state index in [0.29, 0.717) is 6.54 Å². The van der Waals surface area contributed by atoms with Gasteiger partial charge in [-0.05, 0) is 18.6 Å². The first kappa shape index (κ1) is 7.95. The number of carbonyl (C=O) groups is 1. The van der Waals surface area contributed by atoms with E-state index in [9.17, 15) is 4.79 Å². The van der Waals surface area contributed by atoms with Crippen LogP contribution >= 0.6 is 0 Å². The summed E-state index contributed by atoms with van der Waals surface area (Å²) in [6, 6.07) is 7.37. The maximum atomic E-state index is 10.9. The molecule has 0 atom stereocenters. The number of hydrogen-bond acceptors (Lipinski definition) is 2. The predicted molar refractivity (Wildman–Crippen MR) is 44.3 cm³/mol. The van der Waals surface area contributed by atoms with E-state index in [1.54, 1.807) is 13.0 Å². The van der Waals surface area contributed by atoms with Gasteiger partial charge >= 0.3 is 0 Å². The van der Waals surface area contributed by atoms with Crippen LogP contribution in [0.2, 0.25) is 0 Å². The lowest BCUT2D eigenvalue weighted by Crippen LogP contribution is -1.98. The molecule has 1 aromatic rings. The summed E-state index contributed by atoms with van der Waals surface area (Å²) in [7, 11) is 0. The molecule has 0 saturated heterocycles. The van der Waals surface area contributed by atoms with Crippen LogP contribution in [0.5, 0.6) is 0 Å². The van der Waals surface area contributed by atoms with Crippen LogP contribution in [0.3, 0.4) is 0 Å². The molecule has 0 fully saturated rings. The molecule has 0 aliphatic heterocycles. The smallest absolute Gasteiger partial charge is 0.159 e. The Morgan fingerprint density at radius 1 is 1.55 bits per heavy atom. The van der Waals surface area contributed by atoms with Gasteiger partial charge < -0.3 is 5.73 Å². The van der Waals surface area contributed by atoms with Crippen molar-refractivity contribution in [2.75, 3.05) is 0 Å². The maximum absolute atomic E-state index is 10.9. The van der Waals surface area contributed by atoms with Crippen molar-refractivity contribution in [2.24, 2.45) is 5.73 Å². The van der Waals surface area contributed by atoms with Gasteiger partial charge in [0, 0.05) is 12.1 Å². The zero-order valence-electron chi connectivity index (χ0n) is 6.50. The number of ketones is 1. The second kappa shape index (κ2) is 3.30. The first-order valence-electron chi connectivity index (χ1n) is 3.54. The predicted octanol–water partition coefficient (Wildman–Crippen LogP) is 1.35. The molecule has 58 valence electrons. The zero-order chi connectivity index (χ0) is 8.27. The van der Waals surface area contributed by atoms with Gasteiger partial charge in [0.1, 0.15) is 0 Å². The van der Waals surface area contributed by atoms with Gasteiger partial charge in [-0.15, -0.1) is 0 Å². The lowest BCUT2D eigenvalue weighted by Gasteiger charge is -1.98. The van der Waals surface area contributed by atoms with Crippen molar-refractivity contribution in [3.05, 3.63) is 35.4 Å². The standard InChI is InChI=1S/C9H11NO/c1-7(11)9-4-2-3-8(5-9)6-10/h2-5H,6,10H2,1H3. The quantitative estimate of drug-likeness (QED) is 0.645. The van der Waals surface area contributed by atoms with E-state index >= 15 is 0 Å². The highest BCUT2D eigenvalue weighted by Gasteiger charge is 1.97. The summed E-state index contributed by atoms with van der Waals surface area (Å²) in [5.41, 5.74) is 7.14. The fraction of sp³-hybridized carbons (Fsp3) is 0.222. The molecule has 0 bridgehead atoms. The second-order valence-corrected chi connectivity index (χ2v) is 2.46. The number of nitrogens with two attached hydrogens (primary N) is 1. The Bertz CT molecular complexity index is 268. The lowest BCUT2D eigenvalue weighted by molar-refractivity contribution is 0.101. The van der Waals surface area contributed by atoms with E-state index in [4.69, 9.17) is 5.73 Å². The van der Waals surface area contributed by atoms with Gasteiger partial charge in [0.15, 0.2) is 5.78 Å². The van der Waals surface area contributed by atoms with Gasteiger partial charge in [-0.3, -0.25) is 4.79 Å². The molecule has 0 aromatic heterocycles. The van der Waals surface area contributed by atoms with Crippen molar-refractivity contribution >= 4 is 5.78 Å². The minimum Gasteiger partial charge on any atom is -0.326 e. The van der Waals surface area contributed by atoms with Gasteiger partial charge in [-0.25, -0.2) is 0 Å². The van der Waals surface area contributed by atoms with Crippen LogP contribution in [0.4, 0.5) is 0 Å². The molecule has 0 heterocycles. The fourth-order valence-corrected chi connectivity index (χ4v) is 0.917. The molecule has 2 N–H and O–H groups in total. The van der Waals surface area contributed by atoms with Crippen LogP contribution < -0.4 is 5.73 Å². The fourth-order valence-electron chi connectivity index (χ4n) is 0.917. The molecule has 0 saturated carbocycles. The van der Waals surface area contributed by atoms with Crippen molar-refractivity contribution < 1.29 is 4.79 Å². The van der Waals surface area contributed by atoms with Crippen LogP contribution in [0.15, 0.2) is 24.3 Å². The molecule has 0 spiro atoms. The van der Waals surface area contributed by atoms with Crippen LogP contribution in [0, 0.1) is 0 Å². The molecule has 0 radical (unpaired) electrons. The van der Waals surface area contributed by atoms with Crippen molar-refractivity contribution in [3.8, 4) is 0 Å². The monoisotopic (exact) mass is 149 g/mol. The SMILES string of the molecule is CC(=O)c1cccc(CN)c1. The van der Waals surface area contributed by atoms with Crippen molar-refractivity contribution in [3.63, 3.8) is 0 Å². The largest absolute Gasteiger partial charge is 0.326 e. The van der Waals surface area contributed by atoms with Crippen molar-refractivity contribution in [1.82, 2.24) is 0 Å². The zero-order valence-corrected chi connectivity index (χ0v) is 6.50. The second-order valence-electron chi connectivity index (χ2n) is 2.46. The molecule has 11 heavy (non-hydrogen) atoms. The molecule has 0 unspecified atom stereocenters. The summed E-state index contributed by atoms with van der Waals surface area (Å²) in [4.78, 5) is 10.9. The van der Waals surface area contributed by atoms with Crippen LogP contribution in [-0.2, 0) is 6.54 Å². The Hall–Kier alpha value is -1.15. The maximum Gasteiger partial charge on any atom is 0.159 e. The molecule has 2 heteroatoms. The number of hydrogen-bond donors (Lipinski definition) is 1. The summed E-state index contributed by atoms with van der Waals surface area (Å²) in [6.45, 7) is 2.04. The highest BCUT2D eigenvalue weighted by Crippen LogP contribution is 2.04. The van der Waals surface area contributed by atoms with Gasteiger partial charge in [-0.2, -0.15) is 0 Å². The Morgan fingerprint density at radius 2 is 2.27 bits per heavy atom. The van der Waals surface area contributed by atoms with Gasteiger partial charge in [0.2, 0.25) is 0 Å². The summed E-state index contributed by atoms with van der Waals surface area (Å²) in [5.74, 6) is 0.0836. The minimum absolute atomic E-state index is 0.0836. The Morgan fingerprint density at radius 3 is 2.82 bits per heavy atom. The van der Waals surface area contributed by atoms with Crippen molar-refractivity contribution in [2.45, 2.75) is 13.5 Å². The normalized spacial score (nSPS) is 9.64. The van der Waals surface area contributed by atoms with E-state index < -0.39 is 0 Å². The molecule has 2 nitrogen and oxygen atoms in total. The Kier molecular flexibility index (Phi) is 2.39. The molecule has 0 amide bonds. The van der Waals surface area contributed by atoms with E-state index in [1.165, 1.54) is 0 Å². The molecular formula is C9H11NO. The summed E-state index contributed by atoms with van der Waals surface area (Å²) in [6.07, 6.45) is 0. The van der Waals surface area contributed by atoms with E-state index in [0.717, 1.165) is 11.1 Å². The molecule has 0 aliphatic carbocycles. The molecule has 1 aromatic carbocycles.